The summed E-state index contributed by atoms with van der Waals surface area (Å²) in [5.74, 6) is -7.18. The van der Waals surface area contributed by atoms with Crippen molar-refractivity contribution in [1.29, 1.82) is 0 Å². The molecule has 0 aromatic rings. The van der Waals surface area contributed by atoms with Crippen LogP contribution >= 0.6 is 0 Å². The predicted molar refractivity (Wildman–Crippen MR) is 228 cm³/mol. The Bertz CT molecular complexity index is 1600. The van der Waals surface area contributed by atoms with E-state index in [4.69, 9.17) is 56.8 Å². The summed E-state index contributed by atoms with van der Waals surface area (Å²) in [6, 6.07) is 0. The van der Waals surface area contributed by atoms with E-state index in [0.29, 0.717) is 38.5 Å². The maximum Gasteiger partial charge on any atom is 0.308 e. The average Bonchev–Trinajstić information content (AvgIpc) is 3.94. The van der Waals surface area contributed by atoms with Crippen LogP contribution in [0.25, 0.3) is 0 Å². The van der Waals surface area contributed by atoms with Gasteiger partial charge in [0.05, 0.1) is 78.7 Å². The zero-order valence-corrected chi connectivity index (χ0v) is 40.4. The standard InChI is InChI=1S/C47H80O17/c1-23-18-24(2)45(9,51)61-36(23)31-19-32(58-35-20-30(53-10)40(55-12)28(6)57-35)42(59-31)44(8)15-14-33(60-44)43(7)16-17-46(64-43)21-29(48)25(3)37(62-46)26(4)38-41(56-13)39(54-11)27(5)47(52,63-38)22-34(49)50/h23-33,35-42,48,51-52H,14-22H2,1-13H3,(H,49,50)/t23-,24+,25+,26+,27-,28-,29-,30-,31+,32-,33+,35+,36?,37-,38-,39-,40-,41-,42+,43-,44-,45-,46+,47+/m0/s1. The zero-order valence-electron chi connectivity index (χ0n) is 40.4. The molecule has 0 bridgehead atoms. The van der Waals surface area contributed by atoms with Crippen molar-refractivity contribution in [2.24, 2.45) is 29.6 Å². The summed E-state index contributed by atoms with van der Waals surface area (Å²) in [6.45, 7) is 17.5. The van der Waals surface area contributed by atoms with Gasteiger partial charge in [0.25, 0.3) is 0 Å². The zero-order chi connectivity index (χ0) is 46.9. The lowest BCUT2D eigenvalue weighted by atomic mass is 9.75. The lowest BCUT2D eigenvalue weighted by molar-refractivity contribution is -0.365. The number of rotatable bonds is 13. The quantitative estimate of drug-likeness (QED) is 0.203. The van der Waals surface area contributed by atoms with Gasteiger partial charge in [-0.05, 0) is 59.3 Å². The second-order valence-corrected chi connectivity index (χ2v) is 21.3. The molecule has 24 atom stereocenters. The molecular weight excluding hydrogens is 836 g/mol. The maximum absolute atomic E-state index is 11.9. The summed E-state index contributed by atoms with van der Waals surface area (Å²) in [7, 11) is 6.37. The van der Waals surface area contributed by atoms with Crippen molar-refractivity contribution in [2.45, 2.75) is 234 Å². The summed E-state index contributed by atoms with van der Waals surface area (Å²) in [5.41, 5.74) is -1.60. The molecule has 4 N–H and O–H groups in total. The van der Waals surface area contributed by atoms with Crippen LogP contribution in [0.3, 0.4) is 0 Å². The monoisotopic (exact) mass is 917 g/mol. The van der Waals surface area contributed by atoms with Gasteiger partial charge in [0.15, 0.2) is 23.7 Å². The molecule has 7 aliphatic rings. The molecule has 7 aliphatic heterocycles. The van der Waals surface area contributed by atoms with E-state index in [9.17, 15) is 25.2 Å². The number of methoxy groups -OCH3 is 4. The third kappa shape index (κ3) is 9.46. The summed E-state index contributed by atoms with van der Waals surface area (Å²) in [5, 5.41) is 44.3. The molecule has 1 unspecified atom stereocenters. The number of ether oxygens (including phenoxy) is 12. The minimum Gasteiger partial charge on any atom is -0.481 e. The van der Waals surface area contributed by atoms with E-state index < -0.39 is 102 Å². The van der Waals surface area contributed by atoms with Gasteiger partial charge < -0.3 is 77.3 Å². The fraction of sp³-hybridized carbons (Fsp3) is 0.979. The number of aliphatic hydroxyl groups excluding tert-OH is 1. The molecular formula is C47H80O17. The minimum atomic E-state index is -2.03. The van der Waals surface area contributed by atoms with E-state index in [-0.39, 0.29) is 60.8 Å². The highest BCUT2D eigenvalue weighted by Gasteiger charge is 2.64. The normalized spacial score (nSPS) is 54.1. The SMILES string of the molecule is CO[C@@H]1[C@@H](OC)[C@H](C)[C@@](O)(CC(=O)O)O[C@H]1[C@H](C)[C@H]1O[C@@]2(CC[C@@](C)([C@H]3CC[C@@](C)([C@@H]4O[C@@H](C5O[C@](C)(O)[C@H](C)C[C@@H]5C)C[C@@H]4O[C@@H]4C[C@H](OC)[C@@H](OC)[C@H](C)O4)O3)O2)C[C@H](O)[C@H]1C. The molecule has 17 nitrogen and oxygen atoms in total. The van der Waals surface area contributed by atoms with Gasteiger partial charge in [0.2, 0.25) is 0 Å². The van der Waals surface area contributed by atoms with Crippen LogP contribution in [0.15, 0.2) is 0 Å². The van der Waals surface area contributed by atoms with Crippen molar-refractivity contribution in [2.75, 3.05) is 28.4 Å². The topological polar surface area (TPSA) is 209 Å². The van der Waals surface area contributed by atoms with E-state index in [1.54, 1.807) is 28.1 Å². The van der Waals surface area contributed by atoms with Crippen molar-refractivity contribution < 1.29 is 82.1 Å². The highest BCUT2D eigenvalue weighted by atomic mass is 16.7. The third-order valence-corrected chi connectivity index (χ3v) is 16.8. The molecule has 370 valence electrons. The van der Waals surface area contributed by atoms with Gasteiger partial charge in [-0.25, -0.2) is 0 Å². The van der Waals surface area contributed by atoms with Crippen LogP contribution in [0.4, 0.5) is 0 Å². The van der Waals surface area contributed by atoms with Crippen LogP contribution in [-0.2, 0) is 61.6 Å². The maximum atomic E-state index is 11.9. The number of aliphatic hydroxyl groups is 3. The molecule has 7 rings (SSSR count). The third-order valence-electron chi connectivity index (χ3n) is 16.8. The number of carboxylic acids is 1. The van der Waals surface area contributed by atoms with E-state index in [1.165, 1.54) is 14.2 Å². The van der Waals surface area contributed by atoms with Crippen LogP contribution in [0.5, 0.6) is 0 Å². The molecule has 0 saturated carbocycles. The molecule has 0 aromatic carbocycles. The molecule has 1 spiro atoms. The van der Waals surface area contributed by atoms with Gasteiger partial charge >= 0.3 is 5.97 Å². The lowest BCUT2D eigenvalue weighted by Crippen LogP contribution is -2.65. The van der Waals surface area contributed by atoms with Crippen molar-refractivity contribution in [3.8, 4) is 0 Å². The van der Waals surface area contributed by atoms with Crippen molar-refractivity contribution >= 4 is 5.97 Å². The molecule has 0 radical (unpaired) electrons. The van der Waals surface area contributed by atoms with Gasteiger partial charge in [0.1, 0.15) is 18.3 Å². The summed E-state index contributed by atoms with van der Waals surface area (Å²) >= 11 is 0. The highest BCUT2D eigenvalue weighted by Crippen LogP contribution is 2.55. The molecule has 0 aliphatic carbocycles. The Morgan fingerprint density at radius 1 is 0.766 bits per heavy atom. The van der Waals surface area contributed by atoms with Gasteiger partial charge in [-0.1, -0.05) is 34.6 Å². The Balaban J connectivity index is 1.09. The van der Waals surface area contributed by atoms with Crippen LogP contribution in [0.2, 0.25) is 0 Å². The van der Waals surface area contributed by atoms with E-state index in [2.05, 4.69) is 13.8 Å². The van der Waals surface area contributed by atoms with E-state index in [1.807, 2.05) is 34.6 Å². The molecule has 64 heavy (non-hydrogen) atoms. The fourth-order valence-corrected chi connectivity index (χ4v) is 12.7. The molecule has 0 aromatic heterocycles. The van der Waals surface area contributed by atoms with E-state index in [0.717, 1.165) is 6.42 Å². The number of hydrogen-bond donors (Lipinski definition) is 4. The van der Waals surface area contributed by atoms with Crippen LogP contribution in [-0.4, -0.2) is 169 Å². The molecule has 17 heteroatoms. The van der Waals surface area contributed by atoms with Gasteiger partial charge in [-0.2, -0.15) is 0 Å². The Labute approximate surface area is 379 Å². The number of carbonyl (C=O) groups is 1. The van der Waals surface area contributed by atoms with Crippen molar-refractivity contribution in [3.63, 3.8) is 0 Å². The summed E-state index contributed by atoms with van der Waals surface area (Å²) in [4.78, 5) is 11.9. The fourth-order valence-electron chi connectivity index (χ4n) is 12.7. The highest BCUT2D eigenvalue weighted by molar-refractivity contribution is 5.68. The second-order valence-electron chi connectivity index (χ2n) is 21.3. The molecule has 7 saturated heterocycles. The Morgan fingerprint density at radius 3 is 2.09 bits per heavy atom. The average molecular weight is 917 g/mol. The first-order valence-corrected chi connectivity index (χ1v) is 23.8. The van der Waals surface area contributed by atoms with Crippen LogP contribution in [0, 0.1) is 29.6 Å². The van der Waals surface area contributed by atoms with Crippen molar-refractivity contribution in [1.82, 2.24) is 0 Å². The minimum absolute atomic E-state index is 0.0406. The number of carboxylic acid groups (broad SMARTS) is 1. The van der Waals surface area contributed by atoms with Crippen molar-refractivity contribution in [3.05, 3.63) is 0 Å². The first-order chi connectivity index (χ1) is 30.0. The smallest absolute Gasteiger partial charge is 0.308 e. The largest absolute Gasteiger partial charge is 0.481 e. The van der Waals surface area contributed by atoms with E-state index >= 15 is 0 Å². The second kappa shape index (κ2) is 19.0. The van der Waals surface area contributed by atoms with Gasteiger partial charge in [-0.3, -0.25) is 4.79 Å². The molecule has 7 heterocycles. The van der Waals surface area contributed by atoms with Crippen LogP contribution < -0.4 is 0 Å². The Kier molecular flexibility index (Phi) is 15.1. The molecule has 0 amide bonds. The lowest BCUT2D eigenvalue weighted by Gasteiger charge is -2.53. The first kappa shape index (κ1) is 50.7. The van der Waals surface area contributed by atoms with Crippen LogP contribution in [0.1, 0.15) is 120 Å². The van der Waals surface area contributed by atoms with Gasteiger partial charge in [-0.15, -0.1) is 0 Å². The Morgan fingerprint density at radius 2 is 1.45 bits per heavy atom. The number of hydrogen-bond acceptors (Lipinski definition) is 16. The predicted octanol–water partition coefficient (Wildman–Crippen LogP) is 4.32. The summed E-state index contributed by atoms with van der Waals surface area (Å²) in [6.07, 6.45) is -3.18. The van der Waals surface area contributed by atoms with Gasteiger partial charge in [0, 0.05) is 77.8 Å². The number of aliphatic carboxylic acids is 1. The summed E-state index contributed by atoms with van der Waals surface area (Å²) < 4.78 is 77.6. The molecule has 7 fully saturated rings. The first-order valence-electron chi connectivity index (χ1n) is 23.8. The Hall–Kier alpha value is -1.13.